The lowest BCUT2D eigenvalue weighted by molar-refractivity contribution is 0.532. The Balaban J connectivity index is 2.74. The maximum atomic E-state index is 5.49. The van der Waals surface area contributed by atoms with Gasteiger partial charge in [-0.05, 0) is 31.9 Å². The van der Waals surface area contributed by atoms with Gasteiger partial charge >= 0.3 is 0 Å². The van der Waals surface area contributed by atoms with Crippen molar-refractivity contribution in [2.24, 2.45) is 5.84 Å². The standard InChI is InChI=1S/C11H16N2S/c1-4-5-6-10(13-12)11-7-8(2)9(3)14-11/h1,7,10,13H,5-6,12H2,2-3H3. The topological polar surface area (TPSA) is 38.0 Å². The highest BCUT2D eigenvalue weighted by molar-refractivity contribution is 7.12. The molecule has 0 aliphatic carbocycles. The number of nitrogens with two attached hydrogens (primary N) is 1. The molecule has 76 valence electrons. The first kappa shape index (κ1) is 11.3. The molecule has 0 saturated carbocycles. The third-order valence-corrected chi connectivity index (χ3v) is 3.57. The Morgan fingerprint density at radius 3 is 2.79 bits per heavy atom. The minimum absolute atomic E-state index is 0.198. The van der Waals surface area contributed by atoms with E-state index in [1.54, 1.807) is 11.3 Å². The third-order valence-electron chi connectivity index (χ3n) is 2.31. The molecule has 0 amide bonds. The zero-order chi connectivity index (χ0) is 10.6. The van der Waals surface area contributed by atoms with E-state index in [0.29, 0.717) is 0 Å². The van der Waals surface area contributed by atoms with E-state index in [1.165, 1.54) is 15.3 Å². The summed E-state index contributed by atoms with van der Waals surface area (Å²) < 4.78 is 0. The van der Waals surface area contributed by atoms with Crippen LogP contribution in [0, 0.1) is 26.2 Å². The first-order chi connectivity index (χ1) is 6.69. The Bertz CT molecular complexity index is 316. The van der Waals surface area contributed by atoms with Gasteiger partial charge in [0, 0.05) is 16.2 Å². The summed E-state index contributed by atoms with van der Waals surface area (Å²) in [6, 6.07) is 2.38. The van der Waals surface area contributed by atoms with Gasteiger partial charge in [-0.15, -0.1) is 23.7 Å². The van der Waals surface area contributed by atoms with E-state index in [-0.39, 0.29) is 6.04 Å². The number of rotatable bonds is 4. The van der Waals surface area contributed by atoms with E-state index < -0.39 is 0 Å². The van der Waals surface area contributed by atoms with Crippen LogP contribution in [0.1, 0.15) is 34.2 Å². The molecule has 0 aliphatic heterocycles. The summed E-state index contributed by atoms with van der Waals surface area (Å²) in [4.78, 5) is 2.62. The fourth-order valence-corrected chi connectivity index (χ4v) is 2.45. The monoisotopic (exact) mass is 208 g/mol. The second kappa shape index (κ2) is 5.16. The molecule has 3 heteroatoms. The molecule has 0 aliphatic rings. The number of terminal acetylenes is 1. The molecule has 0 fully saturated rings. The summed E-state index contributed by atoms with van der Waals surface area (Å²) in [6.07, 6.45) is 6.88. The first-order valence-corrected chi connectivity index (χ1v) is 5.47. The molecular formula is C11H16N2S. The average Bonchev–Trinajstić information content (AvgIpc) is 2.48. The smallest absolute Gasteiger partial charge is 0.0562 e. The summed E-state index contributed by atoms with van der Waals surface area (Å²) in [7, 11) is 0. The lowest BCUT2D eigenvalue weighted by Gasteiger charge is -2.11. The summed E-state index contributed by atoms with van der Waals surface area (Å²) in [5, 5.41) is 0. The summed E-state index contributed by atoms with van der Waals surface area (Å²) in [5.41, 5.74) is 4.13. The van der Waals surface area contributed by atoms with E-state index in [4.69, 9.17) is 12.3 Å². The number of nitrogens with one attached hydrogen (secondary N) is 1. The Morgan fingerprint density at radius 2 is 2.36 bits per heavy atom. The molecule has 0 spiro atoms. The van der Waals surface area contributed by atoms with Gasteiger partial charge in [0.05, 0.1) is 6.04 Å². The van der Waals surface area contributed by atoms with E-state index in [0.717, 1.165) is 12.8 Å². The average molecular weight is 208 g/mol. The zero-order valence-corrected chi connectivity index (χ0v) is 9.45. The van der Waals surface area contributed by atoms with E-state index in [1.807, 2.05) is 0 Å². The quantitative estimate of drug-likeness (QED) is 0.452. The minimum Gasteiger partial charge on any atom is -0.271 e. The molecule has 14 heavy (non-hydrogen) atoms. The number of aryl methyl sites for hydroxylation is 2. The highest BCUT2D eigenvalue weighted by atomic mass is 32.1. The number of hydrogen-bond acceptors (Lipinski definition) is 3. The highest BCUT2D eigenvalue weighted by Gasteiger charge is 2.12. The van der Waals surface area contributed by atoms with Crippen LogP contribution in [0.3, 0.4) is 0 Å². The van der Waals surface area contributed by atoms with Crippen molar-refractivity contribution in [3.05, 3.63) is 21.4 Å². The lowest BCUT2D eigenvalue weighted by atomic mass is 10.1. The number of hydrazine groups is 1. The molecular weight excluding hydrogens is 192 g/mol. The van der Waals surface area contributed by atoms with Crippen molar-refractivity contribution in [3.63, 3.8) is 0 Å². The van der Waals surface area contributed by atoms with Gasteiger partial charge in [-0.25, -0.2) is 0 Å². The molecule has 2 nitrogen and oxygen atoms in total. The van der Waals surface area contributed by atoms with Gasteiger partial charge < -0.3 is 0 Å². The van der Waals surface area contributed by atoms with Crippen LogP contribution in [-0.4, -0.2) is 0 Å². The molecule has 1 atom stereocenters. The molecule has 0 bridgehead atoms. The van der Waals surface area contributed by atoms with Crippen LogP contribution < -0.4 is 11.3 Å². The van der Waals surface area contributed by atoms with E-state index in [2.05, 4.69) is 31.3 Å². The molecule has 1 unspecified atom stereocenters. The zero-order valence-electron chi connectivity index (χ0n) is 8.63. The van der Waals surface area contributed by atoms with Crippen LogP contribution in [0.15, 0.2) is 6.07 Å². The molecule has 0 aromatic carbocycles. The van der Waals surface area contributed by atoms with Gasteiger partial charge in [0.2, 0.25) is 0 Å². The Hall–Kier alpha value is -0.820. The van der Waals surface area contributed by atoms with Crippen molar-refractivity contribution in [2.45, 2.75) is 32.7 Å². The lowest BCUT2D eigenvalue weighted by Crippen LogP contribution is -2.27. The van der Waals surface area contributed by atoms with Gasteiger partial charge in [0.15, 0.2) is 0 Å². The minimum atomic E-state index is 0.198. The number of hydrogen-bond donors (Lipinski definition) is 2. The van der Waals surface area contributed by atoms with Crippen molar-refractivity contribution in [1.29, 1.82) is 0 Å². The highest BCUT2D eigenvalue weighted by Crippen LogP contribution is 2.28. The Kier molecular flexibility index (Phi) is 4.15. The van der Waals surface area contributed by atoms with Gasteiger partial charge in [-0.1, -0.05) is 0 Å². The molecule has 0 saturated heterocycles. The maximum Gasteiger partial charge on any atom is 0.0562 e. The van der Waals surface area contributed by atoms with E-state index >= 15 is 0 Å². The molecule has 1 aromatic heterocycles. The fourth-order valence-electron chi connectivity index (χ4n) is 1.31. The predicted molar refractivity (Wildman–Crippen MR) is 61.9 cm³/mol. The maximum absolute atomic E-state index is 5.49. The molecule has 1 aromatic rings. The molecule has 1 heterocycles. The van der Waals surface area contributed by atoms with Crippen LogP contribution >= 0.6 is 11.3 Å². The second-order valence-electron chi connectivity index (χ2n) is 3.35. The van der Waals surface area contributed by atoms with Crippen LogP contribution in [0.4, 0.5) is 0 Å². The van der Waals surface area contributed by atoms with Crippen molar-refractivity contribution in [2.75, 3.05) is 0 Å². The van der Waals surface area contributed by atoms with Crippen molar-refractivity contribution in [1.82, 2.24) is 5.43 Å². The number of thiophene rings is 1. The fraction of sp³-hybridized carbons (Fsp3) is 0.455. The van der Waals surface area contributed by atoms with Crippen molar-refractivity contribution >= 4 is 11.3 Å². The summed E-state index contributed by atoms with van der Waals surface area (Å²) >= 11 is 1.79. The van der Waals surface area contributed by atoms with E-state index in [9.17, 15) is 0 Å². The van der Waals surface area contributed by atoms with Crippen molar-refractivity contribution < 1.29 is 0 Å². The second-order valence-corrected chi connectivity index (χ2v) is 4.64. The van der Waals surface area contributed by atoms with Gasteiger partial charge in [-0.2, -0.15) is 0 Å². The summed E-state index contributed by atoms with van der Waals surface area (Å²) in [6.45, 7) is 4.24. The van der Waals surface area contributed by atoms with Gasteiger partial charge in [-0.3, -0.25) is 11.3 Å². The van der Waals surface area contributed by atoms with Gasteiger partial charge in [0.1, 0.15) is 0 Å². The summed E-state index contributed by atoms with van der Waals surface area (Å²) in [5.74, 6) is 8.13. The van der Waals surface area contributed by atoms with Crippen LogP contribution in [0.5, 0.6) is 0 Å². The predicted octanol–water partition coefficient (Wildman–Crippen LogP) is 2.28. The molecule has 1 rings (SSSR count). The van der Waals surface area contributed by atoms with Crippen molar-refractivity contribution in [3.8, 4) is 12.3 Å². The van der Waals surface area contributed by atoms with Crippen LogP contribution in [0.2, 0.25) is 0 Å². The molecule has 0 radical (unpaired) electrons. The van der Waals surface area contributed by atoms with Crippen LogP contribution in [0.25, 0.3) is 0 Å². The first-order valence-electron chi connectivity index (χ1n) is 4.65. The normalized spacial score (nSPS) is 12.4. The Morgan fingerprint density at radius 1 is 1.64 bits per heavy atom. The third kappa shape index (κ3) is 2.58. The SMILES string of the molecule is C#CCCC(NN)c1cc(C)c(C)s1. The molecule has 3 N–H and O–H groups in total. The van der Waals surface area contributed by atoms with Gasteiger partial charge in [0.25, 0.3) is 0 Å². The largest absolute Gasteiger partial charge is 0.271 e. The van der Waals surface area contributed by atoms with Crippen LogP contribution in [-0.2, 0) is 0 Å². The Labute approximate surface area is 89.5 Å².